The van der Waals surface area contributed by atoms with Gasteiger partial charge >= 0.3 is 6.09 Å². The van der Waals surface area contributed by atoms with Gasteiger partial charge in [-0.25, -0.2) is 4.79 Å². The summed E-state index contributed by atoms with van der Waals surface area (Å²) >= 11 is 0. The van der Waals surface area contributed by atoms with E-state index in [2.05, 4.69) is 6.92 Å². The SMILES string of the molecule is CCCCCCCCOCCOCCOCCOCCOCCOCCOCCN(C)C(=O)OC(C)(C)C. The number of carbonyl (C=O) groups excluding carboxylic acids is 1. The highest BCUT2D eigenvalue weighted by Crippen LogP contribution is 2.08. The van der Waals surface area contributed by atoms with Gasteiger partial charge in [0.05, 0.1) is 85.9 Å². The quantitative estimate of drug-likeness (QED) is 0.132. The number of ether oxygens (including phenoxy) is 8. The van der Waals surface area contributed by atoms with Crippen molar-refractivity contribution in [1.29, 1.82) is 0 Å². The topological polar surface area (TPSA) is 94.2 Å². The van der Waals surface area contributed by atoms with Crippen LogP contribution in [0.15, 0.2) is 0 Å². The third-order valence-corrected chi connectivity index (χ3v) is 5.15. The van der Waals surface area contributed by atoms with Gasteiger partial charge in [0, 0.05) is 20.2 Å². The fourth-order valence-electron chi connectivity index (χ4n) is 3.04. The molecule has 0 saturated carbocycles. The second kappa shape index (κ2) is 27.6. The molecule has 0 saturated heterocycles. The summed E-state index contributed by atoms with van der Waals surface area (Å²) in [7, 11) is 1.69. The van der Waals surface area contributed by atoms with Crippen LogP contribution in [0.25, 0.3) is 0 Å². The normalized spacial score (nSPS) is 11.7. The number of carbonyl (C=O) groups is 1. The Morgan fingerprint density at radius 2 is 0.868 bits per heavy atom. The molecule has 0 bridgehead atoms. The molecule has 10 heteroatoms. The second-order valence-corrected chi connectivity index (χ2v) is 9.96. The molecule has 0 atom stereocenters. The predicted molar refractivity (Wildman–Crippen MR) is 148 cm³/mol. The maximum absolute atomic E-state index is 11.8. The van der Waals surface area contributed by atoms with Crippen molar-refractivity contribution < 1.29 is 42.7 Å². The number of nitrogens with zero attached hydrogens (tertiary/aromatic N) is 1. The fourth-order valence-corrected chi connectivity index (χ4v) is 3.04. The predicted octanol–water partition coefficient (Wildman–Crippen LogP) is 4.33. The Kier molecular flexibility index (Phi) is 26.8. The van der Waals surface area contributed by atoms with E-state index < -0.39 is 5.60 Å². The van der Waals surface area contributed by atoms with Gasteiger partial charge in [-0.05, 0) is 27.2 Å². The van der Waals surface area contributed by atoms with Crippen LogP contribution in [0, 0.1) is 0 Å². The lowest BCUT2D eigenvalue weighted by atomic mass is 10.1. The van der Waals surface area contributed by atoms with Crippen LogP contribution in [0.5, 0.6) is 0 Å². The minimum absolute atomic E-state index is 0.355. The smallest absolute Gasteiger partial charge is 0.410 e. The lowest BCUT2D eigenvalue weighted by Crippen LogP contribution is -2.36. The molecule has 0 aromatic carbocycles. The van der Waals surface area contributed by atoms with Crippen molar-refractivity contribution in [2.24, 2.45) is 0 Å². The van der Waals surface area contributed by atoms with Crippen LogP contribution in [-0.2, 0) is 37.9 Å². The van der Waals surface area contributed by atoms with Crippen LogP contribution < -0.4 is 0 Å². The molecule has 0 unspecified atom stereocenters. The van der Waals surface area contributed by atoms with E-state index in [9.17, 15) is 4.79 Å². The summed E-state index contributed by atoms with van der Waals surface area (Å²) in [5, 5.41) is 0. The van der Waals surface area contributed by atoms with Crippen molar-refractivity contribution in [3.8, 4) is 0 Å². The molecular formula is C28H57NO9. The summed E-state index contributed by atoms with van der Waals surface area (Å²) in [5.74, 6) is 0. The van der Waals surface area contributed by atoms with Crippen molar-refractivity contribution in [2.75, 3.05) is 106 Å². The zero-order chi connectivity index (χ0) is 28.2. The molecule has 0 aliphatic heterocycles. The van der Waals surface area contributed by atoms with Crippen molar-refractivity contribution >= 4 is 6.09 Å². The van der Waals surface area contributed by atoms with Gasteiger partial charge in [0.1, 0.15) is 5.60 Å². The summed E-state index contributed by atoms with van der Waals surface area (Å²) in [4.78, 5) is 13.3. The van der Waals surface area contributed by atoms with Gasteiger partial charge in [0.25, 0.3) is 0 Å². The standard InChI is InChI=1S/C28H57NO9/c1-6-7-8-9-10-11-13-31-15-17-33-19-21-35-23-25-37-26-24-36-22-20-34-18-16-32-14-12-29(5)27(30)38-28(2,3)4/h6-26H2,1-5H3. The van der Waals surface area contributed by atoms with Crippen LogP contribution >= 0.6 is 0 Å². The number of unbranched alkanes of at least 4 members (excludes halogenated alkanes) is 5. The number of amides is 1. The third kappa shape index (κ3) is 29.5. The average molecular weight is 552 g/mol. The van der Waals surface area contributed by atoms with E-state index in [0.717, 1.165) is 13.0 Å². The van der Waals surface area contributed by atoms with E-state index in [1.807, 2.05) is 20.8 Å². The molecule has 0 aromatic heterocycles. The number of rotatable bonds is 28. The molecule has 0 aromatic rings. The minimum atomic E-state index is -0.499. The van der Waals surface area contributed by atoms with Gasteiger partial charge in [-0.3, -0.25) is 0 Å². The van der Waals surface area contributed by atoms with E-state index in [1.165, 1.54) is 37.0 Å². The molecule has 0 spiro atoms. The van der Waals surface area contributed by atoms with Crippen LogP contribution in [0.4, 0.5) is 4.79 Å². The minimum Gasteiger partial charge on any atom is -0.444 e. The molecule has 0 radical (unpaired) electrons. The molecule has 0 aliphatic rings. The zero-order valence-electron chi connectivity index (χ0n) is 25.0. The Morgan fingerprint density at radius 1 is 0.526 bits per heavy atom. The summed E-state index contributed by atoms with van der Waals surface area (Å²) in [5.41, 5.74) is -0.499. The number of likely N-dealkylation sites (N-methyl/N-ethyl adjacent to an activating group) is 1. The Bertz CT molecular complexity index is 503. The summed E-state index contributed by atoms with van der Waals surface area (Å²) in [6, 6.07) is 0. The first kappa shape index (κ1) is 37.0. The molecule has 1 amide bonds. The Hall–Kier alpha value is -1.01. The summed E-state index contributed by atoms with van der Waals surface area (Å²) < 4.78 is 43.7. The van der Waals surface area contributed by atoms with E-state index in [0.29, 0.717) is 92.4 Å². The van der Waals surface area contributed by atoms with Gasteiger partial charge in [0.2, 0.25) is 0 Å². The monoisotopic (exact) mass is 551 g/mol. The number of hydrogen-bond donors (Lipinski definition) is 0. The highest BCUT2D eigenvalue weighted by atomic mass is 16.6. The van der Waals surface area contributed by atoms with Gasteiger partial charge in [-0.1, -0.05) is 39.0 Å². The molecule has 10 nitrogen and oxygen atoms in total. The first-order chi connectivity index (χ1) is 18.4. The van der Waals surface area contributed by atoms with E-state index in [1.54, 1.807) is 7.05 Å². The van der Waals surface area contributed by atoms with E-state index >= 15 is 0 Å². The fraction of sp³-hybridized carbons (Fsp3) is 0.964. The van der Waals surface area contributed by atoms with Gasteiger partial charge in [0.15, 0.2) is 0 Å². The lowest BCUT2D eigenvalue weighted by molar-refractivity contribution is -0.0213. The molecule has 0 N–H and O–H groups in total. The van der Waals surface area contributed by atoms with Crippen molar-refractivity contribution in [2.45, 2.75) is 71.8 Å². The Morgan fingerprint density at radius 3 is 1.26 bits per heavy atom. The van der Waals surface area contributed by atoms with Gasteiger partial charge in [-0.15, -0.1) is 0 Å². The van der Waals surface area contributed by atoms with Gasteiger partial charge < -0.3 is 42.8 Å². The lowest BCUT2D eigenvalue weighted by Gasteiger charge is -2.24. The maximum atomic E-state index is 11.8. The molecule has 0 fully saturated rings. The average Bonchev–Trinajstić information content (AvgIpc) is 2.87. The van der Waals surface area contributed by atoms with Crippen LogP contribution in [-0.4, -0.2) is 123 Å². The maximum Gasteiger partial charge on any atom is 0.410 e. The third-order valence-electron chi connectivity index (χ3n) is 5.15. The van der Waals surface area contributed by atoms with Crippen molar-refractivity contribution in [3.05, 3.63) is 0 Å². The summed E-state index contributed by atoms with van der Waals surface area (Å²) in [6.07, 6.45) is 7.32. The van der Waals surface area contributed by atoms with Crippen LogP contribution in [0.1, 0.15) is 66.2 Å². The Labute approximate surface area is 231 Å². The molecule has 38 heavy (non-hydrogen) atoms. The van der Waals surface area contributed by atoms with Crippen molar-refractivity contribution in [1.82, 2.24) is 4.90 Å². The zero-order valence-corrected chi connectivity index (χ0v) is 25.0. The summed E-state index contributed by atoms with van der Waals surface area (Å²) in [6.45, 7) is 15.9. The molecule has 0 rings (SSSR count). The first-order valence-electron chi connectivity index (χ1n) is 14.3. The van der Waals surface area contributed by atoms with Crippen molar-refractivity contribution in [3.63, 3.8) is 0 Å². The molecule has 0 aliphatic carbocycles. The number of hydrogen-bond acceptors (Lipinski definition) is 9. The largest absolute Gasteiger partial charge is 0.444 e. The molecule has 0 heterocycles. The van der Waals surface area contributed by atoms with Crippen LogP contribution in [0.3, 0.4) is 0 Å². The van der Waals surface area contributed by atoms with E-state index in [-0.39, 0.29) is 6.09 Å². The van der Waals surface area contributed by atoms with Gasteiger partial charge in [-0.2, -0.15) is 0 Å². The first-order valence-corrected chi connectivity index (χ1v) is 14.3. The van der Waals surface area contributed by atoms with E-state index in [4.69, 9.17) is 37.9 Å². The Balaban J connectivity index is 3.16. The molecule has 228 valence electrons. The van der Waals surface area contributed by atoms with Crippen LogP contribution in [0.2, 0.25) is 0 Å². The second-order valence-electron chi connectivity index (χ2n) is 9.96. The highest BCUT2D eigenvalue weighted by Gasteiger charge is 2.19. The molecular weight excluding hydrogens is 494 g/mol. The highest BCUT2D eigenvalue weighted by molar-refractivity contribution is 5.67.